The first-order valence-corrected chi connectivity index (χ1v) is 12.3. The first-order valence-electron chi connectivity index (χ1n) is 11.5. The lowest BCUT2D eigenvalue weighted by Gasteiger charge is -2.36. The van der Waals surface area contributed by atoms with Crippen LogP contribution >= 0.6 is 11.8 Å². The molecular formula is C29H30N2S. The van der Waals surface area contributed by atoms with E-state index in [2.05, 4.69) is 122 Å². The van der Waals surface area contributed by atoms with Crippen LogP contribution in [0.3, 0.4) is 0 Å². The Morgan fingerprint density at radius 2 is 1.56 bits per heavy atom. The molecule has 162 valence electrons. The highest BCUT2D eigenvalue weighted by atomic mass is 32.2. The van der Waals surface area contributed by atoms with Gasteiger partial charge in [0.15, 0.2) is 0 Å². The number of unbranched alkanes of at least 4 members (excludes halogenated alkanes) is 1. The van der Waals surface area contributed by atoms with Crippen molar-refractivity contribution in [1.29, 1.82) is 0 Å². The fourth-order valence-electron chi connectivity index (χ4n) is 4.70. The van der Waals surface area contributed by atoms with Crippen molar-refractivity contribution in [2.75, 3.05) is 16.8 Å². The lowest BCUT2D eigenvalue weighted by Crippen LogP contribution is -2.35. The molecule has 2 nitrogen and oxygen atoms in total. The minimum Gasteiger partial charge on any atom is -0.356 e. The molecule has 0 aliphatic carbocycles. The molecule has 0 radical (unpaired) electrons. The van der Waals surface area contributed by atoms with E-state index >= 15 is 0 Å². The number of likely N-dealkylation sites (N-methyl/N-ethyl adjacent to an activating group) is 1. The molecule has 0 fully saturated rings. The summed E-state index contributed by atoms with van der Waals surface area (Å²) in [6.07, 6.45) is 8.32. The van der Waals surface area contributed by atoms with Crippen LogP contribution in [0.4, 0.5) is 17.1 Å². The molecule has 1 atom stereocenters. The van der Waals surface area contributed by atoms with Gasteiger partial charge in [-0.05, 0) is 67.8 Å². The minimum atomic E-state index is -0.132. The van der Waals surface area contributed by atoms with Gasteiger partial charge < -0.3 is 9.80 Å². The highest BCUT2D eigenvalue weighted by Crippen LogP contribution is 2.52. The van der Waals surface area contributed by atoms with Gasteiger partial charge in [0.1, 0.15) is 4.87 Å². The van der Waals surface area contributed by atoms with E-state index in [-0.39, 0.29) is 4.87 Å². The lowest BCUT2D eigenvalue weighted by atomic mass is 9.93. The van der Waals surface area contributed by atoms with E-state index in [1.165, 1.54) is 51.6 Å². The molecule has 0 saturated heterocycles. The number of thioether (sulfide) groups is 1. The van der Waals surface area contributed by atoms with Crippen LogP contribution in [0.15, 0.2) is 102 Å². The highest BCUT2D eigenvalue weighted by Gasteiger charge is 2.37. The molecule has 3 aromatic carbocycles. The van der Waals surface area contributed by atoms with Crippen molar-refractivity contribution in [2.45, 2.75) is 42.9 Å². The number of para-hydroxylation sites is 3. The molecule has 2 heterocycles. The Kier molecular flexibility index (Phi) is 5.60. The van der Waals surface area contributed by atoms with Gasteiger partial charge >= 0.3 is 0 Å². The van der Waals surface area contributed by atoms with Crippen LogP contribution in [0.2, 0.25) is 0 Å². The van der Waals surface area contributed by atoms with Gasteiger partial charge in [0, 0.05) is 28.9 Å². The summed E-state index contributed by atoms with van der Waals surface area (Å²) in [4.78, 5) is 6.07. The van der Waals surface area contributed by atoms with E-state index in [4.69, 9.17) is 0 Å². The molecule has 2 aliphatic rings. The van der Waals surface area contributed by atoms with E-state index in [1.54, 1.807) is 0 Å². The Morgan fingerprint density at radius 1 is 0.875 bits per heavy atom. The predicted molar refractivity (Wildman–Crippen MR) is 140 cm³/mol. The summed E-state index contributed by atoms with van der Waals surface area (Å²) in [5.41, 5.74) is 7.78. The number of rotatable bonds is 5. The van der Waals surface area contributed by atoms with Gasteiger partial charge in [-0.3, -0.25) is 0 Å². The van der Waals surface area contributed by atoms with Crippen molar-refractivity contribution in [3.63, 3.8) is 0 Å². The first-order chi connectivity index (χ1) is 15.6. The first kappa shape index (κ1) is 21.0. The maximum Gasteiger partial charge on any atom is 0.107 e. The maximum absolute atomic E-state index is 2.46. The monoisotopic (exact) mass is 438 g/mol. The smallest absolute Gasteiger partial charge is 0.107 e. The third kappa shape index (κ3) is 3.65. The second-order valence-corrected chi connectivity index (χ2v) is 10.2. The molecule has 3 heteroatoms. The molecule has 0 aromatic heterocycles. The highest BCUT2D eigenvalue weighted by molar-refractivity contribution is 8.01. The van der Waals surface area contributed by atoms with Crippen LogP contribution in [-0.2, 0) is 0 Å². The number of hydrogen-bond acceptors (Lipinski definition) is 3. The Balaban J connectivity index is 1.63. The lowest BCUT2D eigenvalue weighted by molar-refractivity contribution is 0.769. The minimum absolute atomic E-state index is 0.132. The average molecular weight is 439 g/mol. The van der Waals surface area contributed by atoms with Gasteiger partial charge in [-0.25, -0.2) is 0 Å². The van der Waals surface area contributed by atoms with Crippen molar-refractivity contribution in [1.82, 2.24) is 0 Å². The summed E-state index contributed by atoms with van der Waals surface area (Å²) in [6.45, 7) is 4.60. The quantitative estimate of drug-likeness (QED) is 0.396. The predicted octanol–water partition coefficient (Wildman–Crippen LogP) is 8.25. The second-order valence-electron chi connectivity index (χ2n) is 8.71. The van der Waals surface area contributed by atoms with Crippen molar-refractivity contribution in [3.8, 4) is 0 Å². The van der Waals surface area contributed by atoms with Crippen LogP contribution in [0.5, 0.6) is 0 Å². The molecule has 0 amide bonds. The van der Waals surface area contributed by atoms with Gasteiger partial charge in [-0.15, -0.1) is 0 Å². The van der Waals surface area contributed by atoms with Crippen LogP contribution in [0.25, 0.3) is 5.57 Å². The summed E-state index contributed by atoms with van der Waals surface area (Å²) in [6, 6.07) is 28.3. The molecule has 3 aromatic rings. The zero-order valence-corrected chi connectivity index (χ0v) is 19.9. The van der Waals surface area contributed by atoms with Gasteiger partial charge in [0.05, 0.1) is 11.4 Å². The van der Waals surface area contributed by atoms with Gasteiger partial charge in [-0.1, -0.05) is 73.6 Å². The zero-order chi connectivity index (χ0) is 22.1. The molecule has 32 heavy (non-hydrogen) atoms. The molecule has 5 rings (SSSR count). The number of allylic oxidation sites excluding steroid dienone is 3. The van der Waals surface area contributed by atoms with Crippen LogP contribution in [0, 0.1) is 0 Å². The third-order valence-electron chi connectivity index (χ3n) is 6.50. The van der Waals surface area contributed by atoms with Crippen LogP contribution in [0.1, 0.15) is 38.7 Å². The Labute approximate surface area is 196 Å². The van der Waals surface area contributed by atoms with E-state index in [9.17, 15) is 0 Å². The number of nitrogens with zero attached hydrogens (tertiary/aromatic N) is 2. The molecule has 0 spiro atoms. The summed E-state index contributed by atoms with van der Waals surface area (Å²) < 4.78 is 0. The summed E-state index contributed by atoms with van der Waals surface area (Å²) in [5.74, 6) is 0. The Morgan fingerprint density at radius 3 is 2.31 bits per heavy atom. The normalized spacial score (nSPS) is 20.8. The fraction of sp³-hybridized carbons (Fsp3) is 0.241. The second kappa shape index (κ2) is 8.55. The number of benzene rings is 3. The van der Waals surface area contributed by atoms with E-state index in [1.807, 2.05) is 11.8 Å². The molecule has 2 aliphatic heterocycles. The van der Waals surface area contributed by atoms with Gasteiger partial charge in [0.2, 0.25) is 0 Å². The summed E-state index contributed by atoms with van der Waals surface area (Å²) in [5, 5.41) is 0. The van der Waals surface area contributed by atoms with E-state index < -0.39 is 0 Å². The number of hydrogen-bond donors (Lipinski definition) is 0. The van der Waals surface area contributed by atoms with Crippen LogP contribution in [-0.4, -0.2) is 11.9 Å². The van der Waals surface area contributed by atoms with E-state index in [0.717, 1.165) is 6.42 Å². The number of fused-ring (bicyclic) bond motifs is 2. The average Bonchev–Trinajstić information content (AvgIpc) is 3.08. The van der Waals surface area contributed by atoms with Gasteiger partial charge in [0.25, 0.3) is 0 Å². The topological polar surface area (TPSA) is 6.48 Å². The standard InChI is InChI=1S/C29H30N2S/c1-4-5-13-24-20-22(21-29(2)30(3)27-18-11-12-19-28(27)32-29)25-16-9-10-17-26(25)31(24)23-14-7-6-8-15-23/h6-12,14-21H,4-5,13H2,1-3H3/b22-21-. The molecule has 0 saturated carbocycles. The van der Waals surface area contributed by atoms with Crippen molar-refractivity contribution in [3.05, 3.63) is 102 Å². The zero-order valence-electron chi connectivity index (χ0n) is 19.1. The number of anilines is 3. The van der Waals surface area contributed by atoms with Gasteiger partial charge in [-0.2, -0.15) is 0 Å². The van der Waals surface area contributed by atoms with Crippen molar-refractivity contribution in [2.24, 2.45) is 0 Å². The Bertz CT molecular complexity index is 1180. The fourth-order valence-corrected chi connectivity index (χ4v) is 6.02. The molecule has 0 N–H and O–H groups in total. The molecular weight excluding hydrogens is 408 g/mol. The Hall–Kier alpha value is -2.91. The van der Waals surface area contributed by atoms with E-state index in [0.29, 0.717) is 0 Å². The molecule has 0 bridgehead atoms. The SMILES string of the molecule is CCCCC1=C/C(=C/C2(C)Sc3ccccc3N2C)c2ccccc2N1c1ccccc1. The summed E-state index contributed by atoms with van der Waals surface area (Å²) in [7, 11) is 2.21. The van der Waals surface area contributed by atoms with Crippen molar-refractivity contribution < 1.29 is 0 Å². The largest absolute Gasteiger partial charge is 0.356 e. The van der Waals surface area contributed by atoms with Crippen molar-refractivity contribution >= 4 is 34.4 Å². The summed E-state index contributed by atoms with van der Waals surface area (Å²) >= 11 is 1.94. The maximum atomic E-state index is 2.46. The third-order valence-corrected chi connectivity index (χ3v) is 7.87. The van der Waals surface area contributed by atoms with Crippen LogP contribution < -0.4 is 9.80 Å². The molecule has 1 unspecified atom stereocenters.